The summed E-state index contributed by atoms with van der Waals surface area (Å²) in [5.74, 6) is 0.157. The van der Waals surface area contributed by atoms with Crippen LogP contribution in [0, 0.1) is 0 Å². The van der Waals surface area contributed by atoms with Gasteiger partial charge in [-0.05, 0) is 47.4 Å². The number of carbonyl (C=O) groups is 1. The van der Waals surface area contributed by atoms with Crippen molar-refractivity contribution in [1.29, 1.82) is 0 Å². The van der Waals surface area contributed by atoms with Crippen LogP contribution in [0.3, 0.4) is 0 Å². The van der Waals surface area contributed by atoms with Crippen LogP contribution in [0.15, 0.2) is 44.4 Å². The first-order chi connectivity index (χ1) is 7.66. The molecule has 3 heteroatoms. The van der Waals surface area contributed by atoms with Crippen LogP contribution in [0.4, 0.5) is 0 Å². The standard InChI is InChI=1S/C13H10BBrO/c14-7-1-3-9-10-4-2-8(15)6-12(10)13(16)11(9)5-7/h5-6H,1-4H2. The highest BCUT2D eigenvalue weighted by molar-refractivity contribution is 9.11. The summed E-state index contributed by atoms with van der Waals surface area (Å²) in [6.07, 6.45) is 7.62. The van der Waals surface area contributed by atoms with Crippen molar-refractivity contribution >= 4 is 29.6 Å². The summed E-state index contributed by atoms with van der Waals surface area (Å²) in [4.78, 5) is 12.2. The molecule has 3 aliphatic rings. The van der Waals surface area contributed by atoms with Crippen LogP contribution >= 0.6 is 15.9 Å². The van der Waals surface area contributed by atoms with E-state index in [4.69, 9.17) is 7.85 Å². The lowest BCUT2D eigenvalue weighted by molar-refractivity contribution is -0.111. The highest BCUT2D eigenvalue weighted by Gasteiger charge is 2.32. The number of Topliss-reactive ketones (excluding diaryl/α,β-unsaturated/α-hetero) is 1. The van der Waals surface area contributed by atoms with Gasteiger partial charge in [-0.2, -0.15) is 0 Å². The number of fused-ring (bicyclic) bond motifs is 1. The molecule has 3 aliphatic carbocycles. The molecule has 1 nitrogen and oxygen atoms in total. The van der Waals surface area contributed by atoms with Crippen molar-refractivity contribution < 1.29 is 4.79 Å². The maximum Gasteiger partial charge on any atom is 0.193 e. The van der Waals surface area contributed by atoms with Crippen LogP contribution in [0.25, 0.3) is 0 Å². The second-order valence-corrected chi connectivity index (χ2v) is 5.44. The van der Waals surface area contributed by atoms with Gasteiger partial charge in [0.15, 0.2) is 5.78 Å². The Morgan fingerprint density at radius 1 is 1.00 bits per heavy atom. The molecule has 0 spiro atoms. The van der Waals surface area contributed by atoms with Crippen LogP contribution < -0.4 is 0 Å². The van der Waals surface area contributed by atoms with E-state index in [9.17, 15) is 4.79 Å². The van der Waals surface area contributed by atoms with E-state index >= 15 is 0 Å². The molecule has 0 bridgehead atoms. The first-order valence-electron chi connectivity index (χ1n) is 5.50. The molecule has 0 fully saturated rings. The summed E-state index contributed by atoms with van der Waals surface area (Å²) < 4.78 is 1.12. The third-order valence-corrected chi connectivity index (χ3v) is 4.04. The normalized spacial score (nSPS) is 24.2. The maximum atomic E-state index is 12.2. The Morgan fingerprint density at radius 3 is 2.38 bits per heavy atom. The van der Waals surface area contributed by atoms with E-state index in [-0.39, 0.29) is 5.78 Å². The van der Waals surface area contributed by atoms with Gasteiger partial charge in [-0.15, -0.1) is 5.47 Å². The van der Waals surface area contributed by atoms with E-state index in [1.807, 2.05) is 12.2 Å². The number of ketones is 1. The summed E-state index contributed by atoms with van der Waals surface area (Å²) in [6, 6.07) is 0. The van der Waals surface area contributed by atoms with E-state index in [2.05, 4.69) is 15.9 Å². The minimum absolute atomic E-state index is 0.157. The molecule has 0 aromatic heterocycles. The molecule has 16 heavy (non-hydrogen) atoms. The zero-order valence-corrected chi connectivity index (χ0v) is 10.4. The Morgan fingerprint density at radius 2 is 1.62 bits per heavy atom. The van der Waals surface area contributed by atoms with Crippen LogP contribution in [0.2, 0.25) is 0 Å². The molecular weight excluding hydrogens is 263 g/mol. The molecule has 0 saturated heterocycles. The Balaban J connectivity index is 2.12. The predicted molar refractivity (Wildman–Crippen MR) is 68.4 cm³/mol. The molecule has 0 heterocycles. The van der Waals surface area contributed by atoms with Crippen molar-refractivity contribution in [2.45, 2.75) is 25.7 Å². The van der Waals surface area contributed by atoms with Gasteiger partial charge in [0.2, 0.25) is 0 Å². The van der Waals surface area contributed by atoms with Crippen molar-refractivity contribution in [1.82, 2.24) is 0 Å². The molecule has 0 saturated carbocycles. The van der Waals surface area contributed by atoms with Crippen molar-refractivity contribution in [2.24, 2.45) is 0 Å². The van der Waals surface area contributed by atoms with Crippen LogP contribution in [-0.2, 0) is 4.79 Å². The zero-order chi connectivity index (χ0) is 11.3. The fourth-order valence-corrected chi connectivity index (χ4v) is 3.05. The smallest absolute Gasteiger partial charge is 0.193 e. The maximum absolute atomic E-state index is 12.2. The molecular formula is C13H10BBrO. The molecule has 2 radical (unpaired) electrons. The Kier molecular flexibility index (Phi) is 2.32. The summed E-state index contributed by atoms with van der Waals surface area (Å²) in [5, 5.41) is 0. The average Bonchev–Trinajstić information content (AvgIpc) is 2.53. The summed E-state index contributed by atoms with van der Waals surface area (Å²) in [6.45, 7) is 0. The van der Waals surface area contributed by atoms with Gasteiger partial charge in [-0.1, -0.05) is 22.0 Å². The molecule has 0 N–H and O–H groups in total. The van der Waals surface area contributed by atoms with E-state index in [0.717, 1.165) is 46.8 Å². The average molecular weight is 273 g/mol. The molecule has 0 unspecified atom stereocenters. The van der Waals surface area contributed by atoms with E-state index in [0.29, 0.717) is 0 Å². The quantitative estimate of drug-likeness (QED) is 0.620. The minimum Gasteiger partial charge on any atom is -0.289 e. The number of halogens is 1. The van der Waals surface area contributed by atoms with Crippen molar-refractivity contribution in [3.63, 3.8) is 0 Å². The molecule has 0 atom stereocenters. The van der Waals surface area contributed by atoms with E-state index in [1.165, 1.54) is 11.1 Å². The number of hydrogen-bond acceptors (Lipinski definition) is 1. The fraction of sp³-hybridized carbons (Fsp3) is 0.308. The minimum atomic E-state index is 0.157. The van der Waals surface area contributed by atoms with Crippen molar-refractivity contribution in [3.05, 3.63) is 44.4 Å². The Labute approximate surface area is 105 Å². The molecule has 78 valence electrons. The van der Waals surface area contributed by atoms with Crippen molar-refractivity contribution in [3.8, 4) is 0 Å². The first kappa shape index (κ1) is 10.3. The van der Waals surface area contributed by atoms with E-state index < -0.39 is 0 Å². The number of carbonyl (C=O) groups excluding carboxylic acids is 1. The van der Waals surface area contributed by atoms with Crippen LogP contribution in [0.5, 0.6) is 0 Å². The molecule has 0 amide bonds. The first-order valence-corrected chi connectivity index (χ1v) is 6.29. The Bertz CT molecular complexity index is 474. The summed E-state index contributed by atoms with van der Waals surface area (Å²) >= 11 is 3.48. The van der Waals surface area contributed by atoms with Gasteiger partial charge in [-0.25, -0.2) is 0 Å². The monoisotopic (exact) mass is 272 g/mol. The zero-order valence-electron chi connectivity index (χ0n) is 8.85. The number of allylic oxidation sites excluding steroid dienone is 8. The van der Waals surface area contributed by atoms with Gasteiger partial charge >= 0.3 is 0 Å². The van der Waals surface area contributed by atoms with Gasteiger partial charge in [-0.3, -0.25) is 4.79 Å². The van der Waals surface area contributed by atoms with Crippen molar-refractivity contribution in [2.75, 3.05) is 0 Å². The second kappa shape index (κ2) is 3.59. The van der Waals surface area contributed by atoms with Gasteiger partial charge in [0.05, 0.1) is 0 Å². The lowest BCUT2D eigenvalue weighted by atomic mass is 9.81. The third-order valence-electron chi connectivity index (χ3n) is 3.41. The predicted octanol–water partition coefficient (Wildman–Crippen LogP) is 3.08. The second-order valence-electron chi connectivity index (χ2n) is 4.42. The van der Waals surface area contributed by atoms with Gasteiger partial charge in [0, 0.05) is 11.1 Å². The summed E-state index contributed by atoms with van der Waals surface area (Å²) in [7, 11) is 5.80. The fourth-order valence-electron chi connectivity index (χ4n) is 2.62. The highest BCUT2D eigenvalue weighted by atomic mass is 79.9. The van der Waals surface area contributed by atoms with Crippen LogP contribution in [0.1, 0.15) is 25.7 Å². The molecule has 0 aliphatic heterocycles. The molecule has 0 aromatic rings. The summed E-state index contributed by atoms with van der Waals surface area (Å²) in [5.41, 5.74) is 5.05. The van der Waals surface area contributed by atoms with Gasteiger partial charge in [0.1, 0.15) is 7.85 Å². The number of rotatable bonds is 0. The largest absolute Gasteiger partial charge is 0.289 e. The lowest BCUT2D eigenvalue weighted by Gasteiger charge is -2.16. The SMILES string of the molecule is [B]C1=CC2=C(CC1)C1=C(C=C(Br)CC1)C2=O. The third kappa shape index (κ3) is 1.41. The molecule has 0 aromatic carbocycles. The Hall–Kier alpha value is -0.825. The van der Waals surface area contributed by atoms with Crippen LogP contribution in [-0.4, -0.2) is 13.6 Å². The molecule has 3 rings (SSSR count). The topological polar surface area (TPSA) is 17.1 Å². The van der Waals surface area contributed by atoms with E-state index in [1.54, 1.807) is 0 Å². The lowest BCUT2D eigenvalue weighted by Crippen LogP contribution is -2.03. The van der Waals surface area contributed by atoms with Gasteiger partial charge in [0.25, 0.3) is 0 Å². The highest BCUT2D eigenvalue weighted by Crippen LogP contribution is 2.43. The number of hydrogen-bond donors (Lipinski definition) is 0. The van der Waals surface area contributed by atoms with Gasteiger partial charge < -0.3 is 0 Å².